The summed E-state index contributed by atoms with van der Waals surface area (Å²) in [6.07, 6.45) is -5.47. The fraction of sp³-hybridized carbons (Fsp3) is 0.290. The normalized spacial score (nSPS) is 12.7. The van der Waals surface area contributed by atoms with E-state index in [4.69, 9.17) is 0 Å². The quantitative estimate of drug-likeness (QED) is 0.0314. The van der Waals surface area contributed by atoms with Crippen LogP contribution in [0, 0.1) is 11.6 Å². The van der Waals surface area contributed by atoms with Gasteiger partial charge in [-0.15, -0.1) is 22.7 Å². The Balaban J connectivity index is 0.000000258. The molecule has 0 unspecified atom stereocenters. The summed E-state index contributed by atoms with van der Waals surface area (Å²) in [5, 5.41) is 72.9. The summed E-state index contributed by atoms with van der Waals surface area (Å²) < 4.78 is 31.9. The number of para-hydroxylation sites is 2. The first-order chi connectivity index (χ1) is 38.3. The number of carboxylic acid groups (broad SMARTS) is 2. The third-order valence-electron chi connectivity index (χ3n) is 13.3. The van der Waals surface area contributed by atoms with Gasteiger partial charge in [-0.25, -0.2) is 8.78 Å². The van der Waals surface area contributed by atoms with Gasteiger partial charge < -0.3 is 60.0 Å². The van der Waals surface area contributed by atoms with Gasteiger partial charge in [-0.1, -0.05) is 76.2 Å². The van der Waals surface area contributed by atoms with Gasteiger partial charge >= 0.3 is 37.7 Å². The third-order valence-corrected chi connectivity index (χ3v) is 15.0. The number of rotatable bonds is 24. The molecule has 81 heavy (non-hydrogen) atoms. The van der Waals surface area contributed by atoms with E-state index in [1.54, 1.807) is 24.3 Å². The average molecular weight is 1170 g/mol. The minimum atomic E-state index is -1.39. The van der Waals surface area contributed by atoms with Crippen molar-refractivity contribution in [2.75, 3.05) is 10.6 Å². The second kappa shape index (κ2) is 30.1. The van der Waals surface area contributed by atoms with Crippen LogP contribution < -0.4 is 20.8 Å². The van der Waals surface area contributed by atoms with E-state index >= 15 is 0 Å². The molecule has 0 spiro atoms. The molecular weight excluding hydrogens is 1100 g/mol. The molecule has 6 N–H and O–H groups in total. The van der Waals surface area contributed by atoms with Crippen LogP contribution in [0.4, 0.5) is 20.2 Å². The molecular formula is C62H64CaF2N4O10S2. The van der Waals surface area contributed by atoms with E-state index in [-0.39, 0.29) is 112 Å². The zero-order valence-electron chi connectivity index (χ0n) is 45.4. The van der Waals surface area contributed by atoms with E-state index in [9.17, 15) is 58.6 Å². The van der Waals surface area contributed by atoms with Crippen LogP contribution in [0.2, 0.25) is 0 Å². The van der Waals surface area contributed by atoms with Gasteiger partial charge in [0, 0.05) is 81.5 Å². The number of nitrogens with zero attached hydrogens (tertiary/aromatic N) is 2. The van der Waals surface area contributed by atoms with Crippen molar-refractivity contribution >= 4 is 95.5 Å². The smallest absolute Gasteiger partial charge is 0.550 e. The minimum Gasteiger partial charge on any atom is -0.550 e. The molecule has 0 aliphatic heterocycles. The van der Waals surface area contributed by atoms with Crippen molar-refractivity contribution in [1.82, 2.24) is 9.13 Å². The third kappa shape index (κ3) is 16.9. The molecule has 420 valence electrons. The number of aliphatic hydroxyl groups excluding tert-OH is 4. The zero-order chi connectivity index (χ0) is 57.6. The number of nitrogens with one attached hydrogen (secondary N) is 2. The minimum absolute atomic E-state index is 0. The van der Waals surface area contributed by atoms with Crippen molar-refractivity contribution in [1.29, 1.82) is 0 Å². The number of aliphatic carboxylic acids is 2. The first kappa shape index (κ1) is 63.9. The van der Waals surface area contributed by atoms with Crippen LogP contribution in [-0.2, 0) is 22.7 Å². The van der Waals surface area contributed by atoms with Crippen molar-refractivity contribution in [3.63, 3.8) is 0 Å². The van der Waals surface area contributed by atoms with Crippen molar-refractivity contribution in [3.05, 3.63) is 178 Å². The number of hydrogen-bond donors (Lipinski definition) is 6. The van der Waals surface area contributed by atoms with Gasteiger partial charge in [0.25, 0.3) is 11.8 Å². The van der Waals surface area contributed by atoms with Crippen LogP contribution in [0.25, 0.3) is 43.4 Å². The van der Waals surface area contributed by atoms with Crippen molar-refractivity contribution in [2.24, 2.45) is 0 Å². The molecule has 0 bridgehead atoms. The largest absolute Gasteiger partial charge is 2.00 e. The van der Waals surface area contributed by atoms with Gasteiger partial charge in [0.2, 0.25) is 0 Å². The Morgan fingerprint density at radius 2 is 0.852 bits per heavy atom. The van der Waals surface area contributed by atoms with Crippen molar-refractivity contribution in [2.45, 2.75) is 116 Å². The van der Waals surface area contributed by atoms with E-state index in [0.29, 0.717) is 56.1 Å². The van der Waals surface area contributed by atoms with Crippen LogP contribution in [0.1, 0.15) is 110 Å². The number of thiophene rings is 2. The average Bonchev–Trinajstić information content (AvgIpc) is 4.46. The molecule has 2 amide bonds. The number of hydrogen-bond acceptors (Lipinski definition) is 12. The summed E-state index contributed by atoms with van der Waals surface area (Å²) >= 11 is 2.97. The molecule has 4 heterocycles. The molecule has 0 aliphatic carbocycles. The van der Waals surface area contributed by atoms with Crippen molar-refractivity contribution in [3.8, 4) is 43.4 Å². The van der Waals surface area contributed by atoms with Gasteiger partial charge in [-0.3, -0.25) is 9.59 Å². The molecule has 0 saturated carbocycles. The maximum absolute atomic E-state index is 14.0. The molecule has 0 fully saturated rings. The van der Waals surface area contributed by atoms with E-state index in [1.807, 2.05) is 133 Å². The first-order valence-corrected chi connectivity index (χ1v) is 28.0. The summed E-state index contributed by atoms with van der Waals surface area (Å²) in [6.45, 7) is 8.48. The Morgan fingerprint density at radius 3 is 1.15 bits per heavy atom. The Labute approximate surface area is 507 Å². The molecule has 0 saturated heterocycles. The molecule has 14 nitrogen and oxygen atoms in total. The van der Waals surface area contributed by atoms with E-state index < -0.39 is 49.2 Å². The predicted molar refractivity (Wildman–Crippen MR) is 311 cm³/mol. The Morgan fingerprint density at radius 1 is 0.506 bits per heavy atom. The van der Waals surface area contributed by atoms with Crippen LogP contribution in [0.5, 0.6) is 0 Å². The van der Waals surface area contributed by atoms with E-state index in [1.165, 1.54) is 46.9 Å². The fourth-order valence-electron chi connectivity index (χ4n) is 9.94. The number of halogens is 2. The summed E-state index contributed by atoms with van der Waals surface area (Å²) in [5.41, 5.74) is 8.04. The molecule has 0 aliphatic rings. The Kier molecular flexibility index (Phi) is 23.7. The summed E-state index contributed by atoms with van der Waals surface area (Å²) in [5.74, 6) is -4.34. The van der Waals surface area contributed by atoms with Crippen LogP contribution in [-0.4, -0.2) is 115 Å². The van der Waals surface area contributed by atoms with Gasteiger partial charge in [-0.05, 0) is 144 Å². The number of carbonyl (C=O) groups excluding carboxylic acids is 4. The molecule has 4 aromatic heterocycles. The van der Waals surface area contributed by atoms with Gasteiger partial charge in [0.05, 0.1) is 46.9 Å². The Bertz CT molecular complexity index is 3100. The zero-order valence-corrected chi connectivity index (χ0v) is 49.2. The monoisotopic (exact) mass is 1170 g/mol. The number of anilines is 2. The van der Waals surface area contributed by atoms with Crippen LogP contribution >= 0.6 is 22.7 Å². The fourth-order valence-corrected chi connectivity index (χ4v) is 11.5. The van der Waals surface area contributed by atoms with Crippen molar-refractivity contribution < 1.29 is 58.6 Å². The number of benzene rings is 4. The number of carboxylic acids is 2. The standard InChI is InChI=1S/2C31H33FN2O5S.Ca/c2*1-19(2)29-28(31(39)33-22-7-4-3-5-8-22)27(25-9-6-16-40-25)30(20-10-12-21(32)13-11-20)34(29)15-14-23(35)17-24(36)18-26(37)38;/h2*3-13,16,19,23-24,35-36H,14-15,17-18H2,1-2H3,(H,33,39)(H,37,38);/q;;+2/p-2/t2*23-,24-;/m11./s1. The molecule has 4 atom stereocenters. The molecule has 8 rings (SSSR count). The SMILES string of the molecule is CC(C)c1c(C(=O)Nc2ccccc2)c(-c2cccs2)c(-c2ccc(F)cc2)n1CC[C@@H](O)C[C@@H](O)CC(=O)[O-].CC(C)c1c(C(=O)Nc2ccccc2)c(-c2cccs2)c(-c2ccc(F)cc2)n1CC[C@@H](O)C[C@@H](O)CC(=O)[O-].[Ca+2]. The number of carbonyl (C=O) groups is 4. The number of aliphatic hydroxyl groups is 4. The number of amides is 2. The maximum Gasteiger partial charge on any atom is 2.00 e. The van der Waals surface area contributed by atoms with Crippen LogP contribution in [0.3, 0.4) is 0 Å². The van der Waals surface area contributed by atoms with Gasteiger partial charge in [-0.2, -0.15) is 0 Å². The Hall–Kier alpha value is -6.32. The van der Waals surface area contributed by atoms with Crippen LogP contribution in [0.15, 0.2) is 144 Å². The van der Waals surface area contributed by atoms with E-state index in [2.05, 4.69) is 10.6 Å². The molecule has 4 aromatic carbocycles. The molecule has 0 radical (unpaired) electrons. The predicted octanol–water partition coefficient (Wildman–Crippen LogP) is 9.70. The van der Waals surface area contributed by atoms with E-state index in [0.717, 1.165) is 21.1 Å². The second-order valence-corrected chi connectivity index (χ2v) is 21.9. The van der Waals surface area contributed by atoms with Gasteiger partial charge in [0.15, 0.2) is 0 Å². The summed E-state index contributed by atoms with van der Waals surface area (Å²) in [6, 6.07) is 38.2. The molecule has 19 heteroatoms. The second-order valence-electron chi connectivity index (χ2n) is 20.0. The first-order valence-electron chi connectivity index (χ1n) is 26.3. The summed E-state index contributed by atoms with van der Waals surface area (Å²) in [4.78, 5) is 51.4. The summed E-state index contributed by atoms with van der Waals surface area (Å²) in [7, 11) is 0. The topological polar surface area (TPSA) is 229 Å². The molecule has 8 aromatic rings. The number of aromatic nitrogens is 2. The maximum atomic E-state index is 14.0. The van der Waals surface area contributed by atoms with Gasteiger partial charge in [0.1, 0.15) is 11.6 Å².